The lowest BCUT2D eigenvalue weighted by Gasteiger charge is -2.28. The number of nitrogens with zero attached hydrogens (tertiary/aromatic N) is 3. The van der Waals surface area contributed by atoms with E-state index < -0.39 is 0 Å². The molecule has 1 unspecified atom stereocenters. The summed E-state index contributed by atoms with van der Waals surface area (Å²) in [5, 5.41) is 17.5. The van der Waals surface area contributed by atoms with Crippen molar-refractivity contribution in [3.05, 3.63) is 46.8 Å². The van der Waals surface area contributed by atoms with Gasteiger partial charge in [-0.15, -0.1) is 0 Å². The number of aromatic nitrogens is 2. The minimum absolute atomic E-state index is 0.00710. The third-order valence-corrected chi connectivity index (χ3v) is 4.76. The van der Waals surface area contributed by atoms with Crippen LogP contribution >= 0.6 is 0 Å². The van der Waals surface area contributed by atoms with Gasteiger partial charge in [0.2, 0.25) is 0 Å². The molecule has 0 amide bonds. The topological polar surface area (TPSA) is 62.9 Å². The van der Waals surface area contributed by atoms with Gasteiger partial charge in [-0.2, -0.15) is 10.4 Å². The van der Waals surface area contributed by atoms with Gasteiger partial charge in [0.05, 0.1) is 24.4 Å². The highest BCUT2D eigenvalue weighted by molar-refractivity contribution is 5.45. The van der Waals surface area contributed by atoms with E-state index in [1.54, 1.807) is 7.11 Å². The highest BCUT2D eigenvalue weighted by atomic mass is 16.5. The standard InChI is InChI=1S/C20H26N4O/c1-20(2,3)24-18-7-5-6-17(16(18)13-23-24)22-12-14-8-9-19(25-4)15(10-14)11-21/h8-10,13,17,22H,5-7,12H2,1-4H3. The Hall–Kier alpha value is -2.32. The summed E-state index contributed by atoms with van der Waals surface area (Å²) in [6, 6.07) is 8.27. The Balaban J connectivity index is 1.76. The molecule has 1 aliphatic carbocycles. The number of fused-ring (bicyclic) bond motifs is 1. The zero-order valence-electron chi connectivity index (χ0n) is 15.5. The van der Waals surface area contributed by atoms with Crippen LogP contribution in [0.2, 0.25) is 0 Å². The average molecular weight is 338 g/mol. The molecule has 1 atom stereocenters. The molecule has 0 spiro atoms. The number of rotatable bonds is 4. The Kier molecular flexibility index (Phi) is 4.82. The van der Waals surface area contributed by atoms with Gasteiger partial charge < -0.3 is 10.1 Å². The van der Waals surface area contributed by atoms with Gasteiger partial charge in [-0.05, 0) is 57.7 Å². The Morgan fingerprint density at radius 2 is 2.20 bits per heavy atom. The smallest absolute Gasteiger partial charge is 0.136 e. The molecule has 1 heterocycles. The number of benzene rings is 1. The third kappa shape index (κ3) is 3.54. The van der Waals surface area contributed by atoms with E-state index in [0.717, 1.165) is 24.9 Å². The van der Waals surface area contributed by atoms with Gasteiger partial charge in [-0.25, -0.2) is 0 Å². The van der Waals surface area contributed by atoms with Crippen LogP contribution in [0.5, 0.6) is 5.75 Å². The van der Waals surface area contributed by atoms with Gasteiger partial charge in [0, 0.05) is 23.8 Å². The quantitative estimate of drug-likeness (QED) is 0.923. The van der Waals surface area contributed by atoms with Crippen molar-refractivity contribution < 1.29 is 4.74 Å². The monoisotopic (exact) mass is 338 g/mol. The van der Waals surface area contributed by atoms with E-state index >= 15 is 0 Å². The van der Waals surface area contributed by atoms with Crippen molar-refractivity contribution in [2.24, 2.45) is 0 Å². The molecule has 0 aliphatic heterocycles. The lowest BCUT2D eigenvalue weighted by atomic mass is 9.92. The molecule has 1 N–H and O–H groups in total. The first kappa shape index (κ1) is 17.5. The zero-order valence-corrected chi connectivity index (χ0v) is 15.5. The summed E-state index contributed by atoms with van der Waals surface area (Å²) in [5.74, 6) is 0.623. The average Bonchev–Trinajstić information content (AvgIpc) is 3.04. The lowest BCUT2D eigenvalue weighted by molar-refractivity contribution is 0.334. The summed E-state index contributed by atoms with van der Waals surface area (Å²) in [4.78, 5) is 0. The lowest BCUT2D eigenvalue weighted by Crippen LogP contribution is -2.29. The third-order valence-electron chi connectivity index (χ3n) is 4.76. The second-order valence-electron chi connectivity index (χ2n) is 7.60. The van der Waals surface area contributed by atoms with E-state index in [9.17, 15) is 5.26 Å². The van der Waals surface area contributed by atoms with Gasteiger partial charge in [0.1, 0.15) is 11.8 Å². The first-order valence-corrected chi connectivity index (χ1v) is 8.81. The molecule has 0 radical (unpaired) electrons. The normalized spacial score (nSPS) is 17.0. The van der Waals surface area contributed by atoms with Crippen LogP contribution in [0.1, 0.15) is 62.0 Å². The SMILES string of the molecule is COc1ccc(CNC2CCCc3c2cnn3C(C)(C)C)cc1C#N. The molecule has 25 heavy (non-hydrogen) atoms. The maximum atomic E-state index is 9.24. The fourth-order valence-electron chi connectivity index (χ4n) is 3.54. The molecule has 3 rings (SSSR count). The minimum Gasteiger partial charge on any atom is -0.495 e. The Morgan fingerprint density at radius 3 is 2.88 bits per heavy atom. The van der Waals surface area contributed by atoms with Crippen LogP contribution in [0.4, 0.5) is 0 Å². The van der Waals surface area contributed by atoms with Crippen LogP contribution in [-0.2, 0) is 18.5 Å². The second kappa shape index (κ2) is 6.89. The fraction of sp³-hybridized carbons (Fsp3) is 0.500. The zero-order chi connectivity index (χ0) is 18.0. The molecule has 5 heteroatoms. The molecule has 0 fully saturated rings. The van der Waals surface area contributed by atoms with Crippen LogP contribution in [0.15, 0.2) is 24.4 Å². The van der Waals surface area contributed by atoms with Gasteiger partial charge in [-0.1, -0.05) is 6.07 Å². The van der Waals surface area contributed by atoms with Crippen LogP contribution in [-0.4, -0.2) is 16.9 Å². The highest BCUT2D eigenvalue weighted by Crippen LogP contribution is 2.32. The molecule has 0 bridgehead atoms. The number of ether oxygens (including phenoxy) is 1. The van der Waals surface area contributed by atoms with Gasteiger partial charge in [-0.3, -0.25) is 4.68 Å². The van der Waals surface area contributed by atoms with Crippen molar-refractivity contribution in [2.75, 3.05) is 7.11 Å². The molecular formula is C20H26N4O. The molecule has 1 aromatic carbocycles. The van der Waals surface area contributed by atoms with Crippen LogP contribution in [0.25, 0.3) is 0 Å². The Bertz CT molecular complexity index is 795. The van der Waals surface area contributed by atoms with E-state index in [0.29, 0.717) is 17.4 Å². The Labute approximate surface area is 149 Å². The van der Waals surface area contributed by atoms with Crippen molar-refractivity contribution >= 4 is 0 Å². The summed E-state index contributed by atoms with van der Waals surface area (Å²) in [6.45, 7) is 7.30. The molecule has 2 aromatic rings. The van der Waals surface area contributed by atoms with Crippen LogP contribution in [0.3, 0.4) is 0 Å². The second-order valence-corrected chi connectivity index (χ2v) is 7.60. The molecule has 1 aliphatic rings. The highest BCUT2D eigenvalue weighted by Gasteiger charge is 2.27. The predicted octanol–water partition coefficient (Wildman–Crippen LogP) is 3.69. The maximum absolute atomic E-state index is 9.24. The van der Waals surface area contributed by atoms with E-state index in [-0.39, 0.29) is 5.54 Å². The van der Waals surface area contributed by atoms with E-state index in [1.165, 1.54) is 17.7 Å². The first-order valence-electron chi connectivity index (χ1n) is 8.81. The summed E-state index contributed by atoms with van der Waals surface area (Å²) < 4.78 is 7.38. The number of methoxy groups -OCH3 is 1. The van der Waals surface area contributed by atoms with Crippen molar-refractivity contribution in [2.45, 2.75) is 58.2 Å². The number of hydrogen-bond acceptors (Lipinski definition) is 4. The van der Waals surface area contributed by atoms with E-state index in [4.69, 9.17) is 4.74 Å². The predicted molar refractivity (Wildman–Crippen MR) is 97.5 cm³/mol. The number of nitrogens with one attached hydrogen (secondary N) is 1. The summed E-state index contributed by atoms with van der Waals surface area (Å²) in [6.07, 6.45) is 5.39. The van der Waals surface area contributed by atoms with Crippen molar-refractivity contribution in [3.8, 4) is 11.8 Å². The summed E-state index contributed by atoms with van der Waals surface area (Å²) in [7, 11) is 1.59. The van der Waals surface area contributed by atoms with Crippen molar-refractivity contribution in [3.63, 3.8) is 0 Å². The van der Waals surface area contributed by atoms with Crippen LogP contribution in [0, 0.1) is 11.3 Å². The Morgan fingerprint density at radius 1 is 1.40 bits per heavy atom. The number of hydrogen-bond donors (Lipinski definition) is 1. The molecule has 5 nitrogen and oxygen atoms in total. The minimum atomic E-state index is 0.00710. The van der Waals surface area contributed by atoms with E-state index in [2.05, 4.69) is 41.9 Å². The molecule has 132 valence electrons. The van der Waals surface area contributed by atoms with Gasteiger partial charge in [0.25, 0.3) is 0 Å². The van der Waals surface area contributed by atoms with Crippen LogP contribution < -0.4 is 10.1 Å². The van der Waals surface area contributed by atoms with E-state index in [1.807, 2.05) is 24.4 Å². The molecule has 0 saturated carbocycles. The molecule has 1 aromatic heterocycles. The largest absolute Gasteiger partial charge is 0.495 e. The molecular weight excluding hydrogens is 312 g/mol. The summed E-state index contributed by atoms with van der Waals surface area (Å²) >= 11 is 0. The number of nitriles is 1. The fourth-order valence-corrected chi connectivity index (χ4v) is 3.54. The maximum Gasteiger partial charge on any atom is 0.136 e. The van der Waals surface area contributed by atoms with Crippen molar-refractivity contribution in [1.82, 2.24) is 15.1 Å². The molecule has 0 saturated heterocycles. The first-order chi connectivity index (χ1) is 11.9. The summed E-state index contributed by atoms with van der Waals surface area (Å²) in [5.41, 5.74) is 4.34. The van der Waals surface area contributed by atoms with Crippen molar-refractivity contribution in [1.29, 1.82) is 5.26 Å². The van der Waals surface area contributed by atoms with Gasteiger partial charge >= 0.3 is 0 Å². The van der Waals surface area contributed by atoms with Gasteiger partial charge in [0.15, 0.2) is 0 Å².